The van der Waals surface area contributed by atoms with Gasteiger partial charge in [-0.25, -0.2) is 13.6 Å². The van der Waals surface area contributed by atoms with Crippen molar-refractivity contribution in [3.05, 3.63) is 65.7 Å². The van der Waals surface area contributed by atoms with E-state index in [-0.39, 0.29) is 30.3 Å². The molecule has 4 rings (SSSR count). The van der Waals surface area contributed by atoms with Gasteiger partial charge in [0.25, 0.3) is 0 Å². The number of nitrogens with zero attached hydrogens (tertiary/aromatic N) is 3. The highest BCUT2D eigenvalue weighted by Crippen LogP contribution is 2.25. The maximum atomic E-state index is 14.0. The van der Waals surface area contributed by atoms with E-state index < -0.39 is 17.7 Å². The second-order valence-corrected chi connectivity index (χ2v) is 6.65. The van der Waals surface area contributed by atoms with Crippen molar-refractivity contribution < 1.29 is 18.4 Å². The summed E-state index contributed by atoms with van der Waals surface area (Å²) >= 11 is 0. The van der Waals surface area contributed by atoms with Gasteiger partial charge in [-0.05, 0) is 23.8 Å². The predicted molar refractivity (Wildman–Crippen MR) is 103 cm³/mol. The lowest BCUT2D eigenvalue weighted by Gasteiger charge is -2.20. The number of aromatic nitrogens is 2. The van der Waals surface area contributed by atoms with Crippen LogP contribution in [-0.2, 0) is 18.4 Å². The molecule has 0 atom stereocenters. The normalized spacial score (nSPS) is 13.5. The van der Waals surface area contributed by atoms with Crippen LogP contribution >= 0.6 is 0 Å². The van der Waals surface area contributed by atoms with Crippen molar-refractivity contribution in [2.45, 2.75) is 6.54 Å². The molecule has 2 heterocycles. The second kappa shape index (κ2) is 7.34. The summed E-state index contributed by atoms with van der Waals surface area (Å²) < 4.78 is 28.5. The Bertz CT molecular complexity index is 1110. The van der Waals surface area contributed by atoms with Crippen LogP contribution in [-0.4, -0.2) is 33.2 Å². The second-order valence-electron chi connectivity index (χ2n) is 6.65. The number of rotatable bonds is 2. The maximum Gasteiger partial charge on any atom is 0.323 e. The first-order valence-electron chi connectivity index (χ1n) is 8.84. The monoisotopic (exact) mass is 397 g/mol. The van der Waals surface area contributed by atoms with Crippen LogP contribution in [0, 0.1) is 11.6 Å². The zero-order valence-corrected chi connectivity index (χ0v) is 15.4. The van der Waals surface area contributed by atoms with E-state index in [0.29, 0.717) is 11.5 Å². The van der Waals surface area contributed by atoms with Gasteiger partial charge in [-0.15, -0.1) is 0 Å². The van der Waals surface area contributed by atoms with E-state index in [9.17, 15) is 18.4 Å². The summed E-state index contributed by atoms with van der Waals surface area (Å²) in [5, 5.41) is 9.64. The molecule has 0 saturated carbocycles. The number of amides is 3. The SMILES string of the molecule is Cn1nc(-c2ccc(F)cc2F)cc1NC(=O)N1CC(=O)Nc2ccccc2C1. The summed E-state index contributed by atoms with van der Waals surface area (Å²) in [6.07, 6.45) is 0. The van der Waals surface area contributed by atoms with Crippen molar-refractivity contribution in [2.75, 3.05) is 17.2 Å². The average molecular weight is 397 g/mol. The number of nitrogens with one attached hydrogen (secondary N) is 2. The number of aryl methyl sites for hydroxylation is 1. The lowest BCUT2D eigenvalue weighted by Crippen LogP contribution is -2.38. The minimum Gasteiger partial charge on any atom is -0.324 e. The summed E-state index contributed by atoms with van der Waals surface area (Å²) in [4.78, 5) is 26.2. The van der Waals surface area contributed by atoms with Gasteiger partial charge in [-0.1, -0.05) is 18.2 Å². The molecule has 7 nitrogen and oxygen atoms in total. The number of carbonyl (C=O) groups excluding carboxylic acids is 2. The van der Waals surface area contributed by atoms with Gasteiger partial charge in [0.2, 0.25) is 5.91 Å². The Morgan fingerprint density at radius 1 is 1.14 bits per heavy atom. The largest absolute Gasteiger partial charge is 0.324 e. The standard InChI is InChI=1S/C20H17F2N5O2/c1-26-18(9-17(25-26)14-7-6-13(21)8-15(14)22)24-20(29)27-10-12-4-2-3-5-16(12)23-19(28)11-27/h2-9H,10-11H2,1H3,(H,23,28)(H,24,29). The lowest BCUT2D eigenvalue weighted by molar-refractivity contribution is -0.116. The van der Waals surface area contributed by atoms with Gasteiger partial charge >= 0.3 is 6.03 Å². The van der Waals surface area contributed by atoms with Crippen LogP contribution in [0.1, 0.15) is 5.56 Å². The van der Waals surface area contributed by atoms with Crippen LogP contribution < -0.4 is 10.6 Å². The molecule has 2 N–H and O–H groups in total. The zero-order chi connectivity index (χ0) is 20.5. The highest BCUT2D eigenvalue weighted by molar-refractivity contribution is 5.98. The number of halogens is 2. The third kappa shape index (κ3) is 3.79. The number of benzene rings is 2. The van der Waals surface area contributed by atoms with E-state index in [1.165, 1.54) is 21.7 Å². The molecule has 0 fully saturated rings. The van der Waals surface area contributed by atoms with E-state index in [1.807, 2.05) is 12.1 Å². The Hall–Kier alpha value is -3.75. The molecule has 3 amide bonds. The maximum absolute atomic E-state index is 14.0. The number of hydrogen-bond acceptors (Lipinski definition) is 3. The Labute approximate surface area is 164 Å². The fourth-order valence-electron chi connectivity index (χ4n) is 3.15. The highest BCUT2D eigenvalue weighted by atomic mass is 19.1. The summed E-state index contributed by atoms with van der Waals surface area (Å²) in [5.41, 5.74) is 1.85. The molecule has 0 radical (unpaired) electrons. The molecule has 148 valence electrons. The molecule has 0 bridgehead atoms. The first-order valence-corrected chi connectivity index (χ1v) is 8.84. The molecule has 1 aliphatic rings. The van der Waals surface area contributed by atoms with Gasteiger partial charge < -0.3 is 10.2 Å². The minimum atomic E-state index is -0.748. The minimum absolute atomic E-state index is 0.113. The molecule has 3 aromatic rings. The topological polar surface area (TPSA) is 79.3 Å². The number of carbonyl (C=O) groups is 2. The van der Waals surface area contributed by atoms with E-state index in [2.05, 4.69) is 15.7 Å². The first kappa shape index (κ1) is 18.6. The van der Waals surface area contributed by atoms with Gasteiger partial charge in [-0.2, -0.15) is 5.10 Å². The quantitative estimate of drug-likeness (QED) is 0.696. The summed E-state index contributed by atoms with van der Waals surface area (Å²) in [7, 11) is 1.59. The summed E-state index contributed by atoms with van der Waals surface area (Å²) in [6.45, 7) is 0.135. The first-order chi connectivity index (χ1) is 13.9. The van der Waals surface area contributed by atoms with E-state index in [4.69, 9.17) is 0 Å². The van der Waals surface area contributed by atoms with Crippen LogP contribution in [0.2, 0.25) is 0 Å². The number of para-hydroxylation sites is 1. The molecule has 0 saturated heterocycles. The van der Waals surface area contributed by atoms with Crippen LogP contribution in [0.15, 0.2) is 48.5 Å². The molecule has 1 aromatic heterocycles. The molecule has 0 unspecified atom stereocenters. The predicted octanol–water partition coefficient (Wildman–Crippen LogP) is 3.35. The molecule has 1 aliphatic heterocycles. The Morgan fingerprint density at radius 3 is 2.72 bits per heavy atom. The fraction of sp³-hybridized carbons (Fsp3) is 0.150. The van der Waals surface area contributed by atoms with Crippen molar-refractivity contribution in [1.82, 2.24) is 14.7 Å². The Balaban J connectivity index is 1.56. The van der Waals surface area contributed by atoms with Crippen LogP contribution in [0.5, 0.6) is 0 Å². The van der Waals surface area contributed by atoms with E-state index >= 15 is 0 Å². The summed E-state index contributed by atoms with van der Waals surface area (Å²) in [5.74, 6) is -1.42. The van der Waals surface area contributed by atoms with Gasteiger partial charge in [0.15, 0.2) is 0 Å². The molecular weight excluding hydrogens is 380 g/mol. The third-order valence-electron chi connectivity index (χ3n) is 4.60. The van der Waals surface area contributed by atoms with Crippen LogP contribution in [0.4, 0.5) is 25.1 Å². The number of urea groups is 1. The van der Waals surface area contributed by atoms with Crippen molar-refractivity contribution in [3.8, 4) is 11.3 Å². The number of hydrogen-bond donors (Lipinski definition) is 2. The molecule has 0 aliphatic carbocycles. The molecular formula is C20H17F2N5O2. The number of anilines is 2. The van der Waals surface area contributed by atoms with Crippen molar-refractivity contribution in [2.24, 2.45) is 7.05 Å². The Morgan fingerprint density at radius 2 is 1.93 bits per heavy atom. The van der Waals surface area contributed by atoms with Crippen molar-refractivity contribution in [3.63, 3.8) is 0 Å². The molecule has 2 aromatic carbocycles. The zero-order valence-electron chi connectivity index (χ0n) is 15.4. The molecule has 0 spiro atoms. The summed E-state index contributed by atoms with van der Waals surface area (Å²) in [6, 6.07) is 11.4. The Kier molecular flexibility index (Phi) is 4.71. The highest BCUT2D eigenvalue weighted by Gasteiger charge is 2.24. The number of fused-ring (bicyclic) bond motifs is 1. The smallest absolute Gasteiger partial charge is 0.323 e. The van der Waals surface area contributed by atoms with Gasteiger partial charge in [0.05, 0.1) is 12.2 Å². The molecule has 9 heteroatoms. The van der Waals surface area contributed by atoms with Gasteiger partial charge in [-0.3, -0.25) is 14.8 Å². The van der Waals surface area contributed by atoms with Gasteiger partial charge in [0.1, 0.15) is 24.0 Å². The van der Waals surface area contributed by atoms with E-state index in [1.54, 1.807) is 19.2 Å². The average Bonchev–Trinajstić information content (AvgIpc) is 2.92. The van der Waals surface area contributed by atoms with E-state index in [0.717, 1.165) is 17.7 Å². The molecule has 29 heavy (non-hydrogen) atoms. The fourth-order valence-corrected chi connectivity index (χ4v) is 3.15. The third-order valence-corrected chi connectivity index (χ3v) is 4.60. The van der Waals surface area contributed by atoms with Crippen LogP contribution in [0.3, 0.4) is 0 Å². The lowest BCUT2D eigenvalue weighted by atomic mass is 10.1. The van der Waals surface area contributed by atoms with Crippen molar-refractivity contribution in [1.29, 1.82) is 0 Å². The van der Waals surface area contributed by atoms with Crippen molar-refractivity contribution >= 4 is 23.4 Å². The van der Waals surface area contributed by atoms with Crippen LogP contribution in [0.25, 0.3) is 11.3 Å². The van der Waals surface area contributed by atoms with Gasteiger partial charge in [0, 0.05) is 30.4 Å².